The molecule has 0 aliphatic carbocycles. The number of aryl methyl sites for hydroxylation is 1. The van der Waals surface area contributed by atoms with Gasteiger partial charge in [-0.25, -0.2) is 12.8 Å². The summed E-state index contributed by atoms with van der Waals surface area (Å²) in [7, 11) is -4.07. The smallest absolute Gasteiger partial charge is 0.262 e. The van der Waals surface area contributed by atoms with Crippen molar-refractivity contribution in [3.63, 3.8) is 0 Å². The molecule has 0 aliphatic rings. The van der Waals surface area contributed by atoms with Crippen molar-refractivity contribution >= 4 is 38.9 Å². The van der Waals surface area contributed by atoms with Crippen molar-refractivity contribution in [1.82, 2.24) is 0 Å². The Kier molecular flexibility index (Phi) is 5.67. The van der Waals surface area contributed by atoms with Crippen molar-refractivity contribution in [2.45, 2.75) is 11.8 Å². The first-order valence-electron chi connectivity index (χ1n) is 8.21. The summed E-state index contributed by atoms with van der Waals surface area (Å²) in [6.07, 6.45) is 0. The minimum absolute atomic E-state index is 0.133. The van der Waals surface area contributed by atoms with Crippen molar-refractivity contribution in [1.29, 1.82) is 0 Å². The molecule has 1 amide bonds. The van der Waals surface area contributed by atoms with E-state index in [1.807, 2.05) is 6.92 Å². The number of benzene rings is 3. The molecule has 3 aromatic rings. The number of carbonyl (C=O) groups excluding carboxylic acids is 1. The Labute approximate surface area is 167 Å². The number of nitrogens with one attached hydrogen (secondary N) is 2. The SMILES string of the molecule is Cc1ccc(NC(=O)c2cccc(S(=O)(=O)Nc3ccccc3F)c2)cc1Cl. The quantitative estimate of drug-likeness (QED) is 0.622. The number of sulfonamides is 1. The predicted octanol–water partition coefficient (Wildman–Crippen LogP) is 4.84. The molecule has 0 aliphatic heterocycles. The molecule has 0 heterocycles. The van der Waals surface area contributed by atoms with E-state index in [0.717, 1.165) is 11.6 Å². The molecule has 0 unspecified atom stereocenters. The van der Waals surface area contributed by atoms with Gasteiger partial charge in [-0.3, -0.25) is 9.52 Å². The zero-order valence-corrected chi connectivity index (χ0v) is 16.3. The van der Waals surface area contributed by atoms with E-state index in [0.29, 0.717) is 10.7 Å². The maximum absolute atomic E-state index is 13.7. The van der Waals surface area contributed by atoms with E-state index in [9.17, 15) is 17.6 Å². The molecule has 3 aromatic carbocycles. The van der Waals surface area contributed by atoms with Crippen LogP contribution in [0.25, 0.3) is 0 Å². The number of rotatable bonds is 5. The highest BCUT2D eigenvalue weighted by Crippen LogP contribution is 2.22. The summed E-state index contributed by atoms with van der Waals surface area (Å²) in [5, 5.41) is 3.17. The van der Waals surface area contributed by atoms with Gasteiger partial charge in [0.1, 0.15) is 5.82 Å². The Morgan fingerprint density at radius 1 is 1.00 bits per heavy atom. The van der Waals surface area contributed by atoms with E-state index in [4.69, 9.17) is 11.6 Å². The number of halogens is 2. The zero-order chi connectivity index (χ0) is 20.3. The average Bonchev–Trinajstić information content (AvgIpc) is 2.66. The van der Waals surface area contributed by atoms with E-state index >= 15 is 0 Å². The summed E-state index contributed by atoms with van der Waals surface area (Å²) in [6.45, 7) is 1.84. The number of carbonyl (C=O) groups is 1. The highest BCUT2D eigenvalue weighted by atomic mass is 35.5. The predicted molar refractivity (Wildman–Crippen MR) is 108 cm³/mol. The topological polar surface area (TPSA) is 75.3 Å². The Hall–Kier alpha value is -2.90. The van der Waals surface area contributed by atoms with Crippen LogP contribution in [-0.4, -0.2) is 14.3 Å². The molecule has 0 fully saturated rings. The van der Waals surface area contributed by atoms with E-state index in [-0.39, 0.29) is 16.1 Å². The third-order valence-electron chi connectivity index (χ3n) is 3.95. The summed E-state index contributed by atoms with van der Waals surface area (Å²) in [5.41, 5.74) is 1.31. The van der Waals surface area contributed by atoms with Gasteiger partial charge in [0.05, 0.1) is 10.6 Å². The van der Waals surface area contributed by atoms with Gasteiger partial charge in [-0.1, -0.05) is 35.9 Å². The summed E-state index contributed by atoms with van der Waals surface area (Å²) in [5.74, 6) is -1.20. The number of hydrogen-bond donors (Lipinski definition) is 2. The van der Waals surface area contributed by atoms with Crippen LogP contribution in [0.2, 0.25) is 5.02 Å². The van der Waals surface area contributed by atoms with E-state index < -0.39 is 21.7 Å². The Bertz CT molecular complexity index is 1150. The van der Waals surface area contributed by atoms with Crippen LogP contribution in [-0.2, 0) is 10.0 Å². The van der Waals surface area contributed by atoms with Crippen LogP contribution in [0.5, 0.6) is 0 Å². The highest BCUT2D eigenvalue weighted by molar-refractivity contribution is 7.92. The lowest BCUT2D eigenvalue weighted by Crippen LogP contribution is -2.16. The number of anilines is 2. The fraction of sp³-hybridized carbons (Fsp3) is 0.0500. The van der Waals surface area contributed by atoms with Crippen LogP contribution in [0.4, 0.5) is 15.8 Å². The minimum Gasteiger partial charge on any atom is -0.322 e. The second kappa shape index (κ2) is 8.00. The molecule has 5 nitrogen and oxygen atoms in total. The molecule has 0 spiro atoms. The number of para-hydroxylation sites is 1. The first-order valence-corrected chi connectivity index (χ1v) is 10.1. The molecule has 0 aromatic heterocycles. The van der Waals surface area contributed by atoms with Gasteiger partial charge in [0.2, 0.25) is 0 Å². The first-order chi connectivity index (χ1) is 13.3. The highest BCUT2D eigenvalue weighted by Gasteiger charge is 2.18. The fourth-order valence-electron chi connectivity index (χ4n) is 2.43. The third kappa shape index (κ3) is 4.49. The zero-order valence-electron chi connectivity index (χ0n) is 14.7. The van der Waals surface area contributed by atoms with Gasteiger partial charge in [-0.15, -0.1) is 0 Å². The van der Waals surface area contributed by atoms with Crippen LogP contribution in [0.3, 0.4) is 0 Å². The molecule has 0 saturated carbocycles. The first kappa shape index (κ1) is 19.9. The molecular formula is C20H16ClFN2O3S. The number of hydrogen-bond acceptors (Lipinski definition) is 3. The largest absolute Gasteiger partial charge is 0.322 e. The maximum Gasteiger partial charge on any atom is 0.262 e. The molecule has 3 rings (SSSR count). The minimum atomic E-state index is -4.07. The van der Waals surface area contributed by atoms with Crippen molar-refractivity contribution in [2.24, 2.45) is 0 Å². The molecule has 0 bridgehead atoms. The monoisotopic (exact) mass is 418 g/mol. The van der Waals surface area contributed by atoms with Gasteiger partial charge in [-0.05, 0) is 55.0 Å². The van der Waals surface area contributed by atoms with Crippen molar-refractivity contribution in [3.8, 4) is 0 Å². The second-order valence-electron chi connectivity index (χ2n) is 6.03. The summed E-state index contributed by atoms with van der Waals surface area (Å²) < 4.78 is 41.0. The Balaban J connectivity index is 1.83. The van der Waals surface area contributed by atoms with E-state index in [2.05, 4.69) is 10.0 Å². The van der Waals surface area contributed by atoms with Crippen LogP contribution in [0.1, 0.15) is 15.9 Å². The van der Waals surface area contributed by atoms with Gasteiger partial charge in [0.25, 0.3) is 15.9 Å². The summed E-state index contributed by atoms with van der Waals surface area (Å²) in [4.78, 5) is 12.3. The van der Waals surface area contributed by atoms with Gasteiger partial charge >= 0.3 is 0 Å². The van der Waals surface area contributed by atoms with Gasteiger partial charge < -0.3 is 5.32 Å². The van der Waals surface area contributed by atoms with Crippen LogP contribution in [0, 0.1) is 12.7 Å². The Morgan fingerprint density at radius 2 is 1.75 bits per heavy atom. The normalized spacial score (nSPS) is 11.1. The summed E-state index contributed by atoms with van der Waals surface area (Å²) >= 11 is 6.05. The van der Waals surface area contributed by atoms with Crippen molar-refractivity contribution < 1.29 is 17.6 Å². The Morgan fingerprint density at radius 3 is 2.46 bits per heavy atom. The lowest BCUT2D eigenvalue weighted by Gasteiger charge is -2.11. The van der Waals surface area contributed by atoms with E-state index in [1.54, 1.807) is 18.2 Å². The van der Waals surface area contributed by atoms with Crippen LogP contribution in [0.15, 0.2) is 71.6 Å². The third-order valence-corrected chi connectivity index (χ3v) is 5.72. The fourth-order valence-corrected chi connectivity index (χ4v) is 3.72. The van der Waals surface area contributed by atoms with Gasteiger partial charge in [0.15, 0.2) is 0 Å². The lowest BCUT2D eigenvalue weighted by molar-refractivity contribution is 0.102. The molecular weight excluding hydrogens is 403 g/mol. The van der Waals surface area contributed by atoms with Crippen molar-refractivity contribution in [2.75, 3.05) is 10.0 Å². The molecule has 0 atom stereocenters. The average molecular weight is 419 g/mol. The van der Waals surface area contributed by atoms with Crippen molar-refractivity contribution in [3.05, 3.63) is 88.7 Å². The van der Waals surface area contributed by atoms with Gasteiger partial charge in [-0.2, -0.15) is 0 Å². The molecule has 8 heteroatoms. The standard InChI is InChI=1S/C20H16ClFN2O3S/c1-13-9-10-15(12-17(13)21)23-20(25)14-5-4-6-16(11-14)28(26,27)24-19-8-3-2-7-18(19)22/h2-12,24H,1H3,(H,23,25). The molecule has 144 valence electrons. The molecule has 0 radical (unpaired) electrons. The maximum atomic E-state index is 13.7. The number of amides is 1. The van der Waals surface area contributed by atoms with Crippen LogP contribution >= 0.6 is 11.6 Å². The molecule has 28 heavy (non-hydrogen) atoms. The summed E-state index contributed by atoms with van der Waals surface area (Å²) in [6, 6.07) is 15.9. The lowest BCUT2D eigenvalue weighted by atomic mass is 10.2. The second-order valence-corrected chi connectivity index (χ2v) is 8.12. The molecule has 0 saturated heterocycles. The van der Waals surface area contributed by atoms with Crippen LogP contribution < -0.4 is 10.0 Å². The van der Waals surface area contributed by atoms with Gasteiger partial charge in [0, 0.05) is 16.3 Å². The van der Waals surface area contributed by atoms with E-state index in [1.165, 1.54) is 42.5 Å². The molecule has 2 N–H and O–H groups in total.